The minimum absolute atomic E-state index is 0.237. The minimum atomic E-state index is -4.41. The first-order valence-electron chi connectivity index (χ1n) is 15.8. The maximum atomic E-state index is 12.2. The first-order chi connectivity index (χ1) is 18.7. The van der Waals surface area contributed by atoms with Crippen LogP contribution >= 0.6 is 0 Å². The van der Waals surface area contributed by atoms with E-state index < -0.39 is 10.4 Å². The molecule has 0 aromatic heterocycles. The maximum Gasteiger partial charge on any atom is 0.220 e. The smallest absolute Gasteiger partial charge is 0.220 e. The molecule has 0 radical (unpaired) electrons. The molecule has 1 amide bonds. The SMILES string of the molecule is CCCCCCCCCCCC(=O)NCC[N+]1(C)CCN=C1CCCCCCCCCCC.COS(=O)(=O)[O-]. The van der Waals surface area contributed by atoms with Crippen molar-refractivity contribution in [1.29, 1.82) is 0 Å². The quantitative estimate of drug-likeness (QED) is 0.0583. The Labute approximate surface area is 241 Å². The van der Waals surface area contributed by atoms with Gasteiger partial charge in [-0.15, -0.1) is 0 Å². The van der Waals surface area contributed by atoms with Crippen LogP contribution < -0.4 is 5.32 Å². The van der Waals surface area contributed by atoms with Gasteiger partial charge in [-0.3, -0.25) is 13.5 Å². The van der Waals surface area contributed by atoms with E-state index in [1.807, 2.05) is 0 Å². The fraction of sp³-hybridized carbons (Fsp3) is 0.933. The van der Waals surface area contributed by atoms with E-state index in [9.17, 15) is 17.8 Å². The Morgan fingerprint density at radius 3 is 1.74 bits per heavy atom. The summed E-state index contributed by atoms with van der Waals surface area (Å²) >= 11 is 0. The van der Waals surface area contributed by atoms with Crippen molar-refractivity contribution in [3.8, 4) is 0 Å². The van der Waals surface area contributed by atoms with E-state index in [1.165, 1.54) is 115 Å². The van der Waals surface area contributed by atoms with Crippen LogP contribution in [0.5, 0.6) is 0 Å². The second kappa shape index (κ2) is 24.7. The molecule has 0 spiro atoms. The van der Waals surface area contributed by atoms with Gasteiger partial charge < -0.3 is 9.87 Å². The van der Waals surface area contributed by atoms with Crippen molar-refractivity contribution in [3.05, 3.63) is 0 Å². The van der Waals surface area contributed by atoms with Crippen molar-refractivity contribution in [1.82, 2.24) is 5.32 Å². The molecule has 0 saturated carbocycles. The summed E-state index contributed by atoms with van der Waals surface area (Å²) in [6.07, 6.45) is 25.9. The fourth-order valence-corrected chi connectivity index (χ4v) is 5.01. The molecule has 0 aromatic rings. The zero-order valence-electron chi connectivity index (χ0n) is 25.8. The highest BCUT2D eigenvalue weighted by atomic mass is 32.3. The number of hydrogen-bond donors (Lipinski definition) is 1. The van der Waals surface area contributed by atoms with Crippen LogP contribution in [0.2, 0.25) is 0 Å². The van der Waals surface area contributed by atoms with Gasteiger partial charge in [0.05, 0.1) is 27.2 Å². The second-order valence-electron chi connectivity index (χ2n) is 11.2. The zero-order chi connectivity index (χ0) is 29.2. The molecular formula is C30H61N3O5S. The first-order valence-corrected chi connectivity index (χ1v) is 17.2. The largest absolute Gasteiger partial charge is 0.726 e. The van der Waals surface area contributed by atoms with Gasteiger partial charge in [-0.2, -0.15) is 0 Å². The number of rotatable bonds is 24. The van der Waals surface area contributed by atoms with E-state index in [0.717, 1.165) is 50.6 Å². The van der Waals surface area contributed by atoms with Crippen LogP contribution in [0.4, 0.5) is 0 Å². The lowest BCUT2D eigenvalue weighted by atomic mass is 10.1. The Bertz CT molecular complexity index is 730. The van der Waals surface area contributed by atoms with Crippen molar-refractivity contribution < 1.29 is 26.4 Å². The van der Waals surface area contributed by atoms with Gasteiger partial charge in [-0.1, -0.05) is 117 Å². The van der Waals surface area contributed by atoms with E-state index in [1.54, 1.807) is 0 Å². The third-order valence-electron chi connectivity index (χ3n) is 7.65. The van der Waals surface area contributed by atoms with E-state index >= 15 is 0 Å². The van der Waals surface area contributed by atoms with Gasteiger partial charge in [0, 0.05) is 12.8 Å². The lowest BCUT2D eigenvalue weighted by molar-refractivity contribution is -0.814. The Kier molecular flexibility index (Phi) is 24.1. The van der Waals surface area contributed by atoms with Crippen molar-refractivity contribution in [3.63, 3.8) is 0 Å². The number of carbonyl (C=O) groups is 1. The fourth-order valence-electron chi connectivity index (χ4n) is 5.01. The summed E-state index contributed by atoms with van der Waals surface area (Å²) < 4.78 is 32.0. The molecule has 8 nitrogen and oxygen atoms in total. The van der Waals surface area contributed by atoms with Crippen molar-refractivity contribution in [2.24, 2.45) is 4.99 Å². The van der Waals surface area contributed by atoms with Crippen LogP contribution in [0.25, 0.3) is 0 Å². The molecule has 1 heterocycles. The number of quaternary nitrogens is 1. The van der Waals surface area contributed by atoms with E-state index in [4.69, 9.17) is 4.99 Å². The third-order valence-corrected chi connectivity index (χ3v) is 8.06. The first kappa shape index (κ1) is 38.0. The van der Waals surface area contributed by atoms with Gasteiger partial charge in [0.2, 0.25) is 16.3 Å². The summed E-state index contributed by atoms with van der Waals surface area (Å²) in [6.45, 7) is 8.37. The van der Waals surface area contributed by atoms with Gasteiger partial charge in [0.25, 0.3) is 0 Å². The number of nitrogens with zero attached hydrogens (tertiary/aromatic N) is 2. The van der Waals surface area contributed by atoms with Gasteiger partial charge in [-0.25, -0.2) is 13.4 Å². The summed E-state index contributed by atoms with van der Waals surface area (Å²) in [7, 11) is -1.29. The Balaban J connectivity index is 0.00000215. The van der Waals surface area contributed by atoms with Crippen LogP contribution in [-0.4, -0.2) is 69.5 Å². The summed E-state index contributed by atoms with van der Waals surface area (Å²) in [5, 5.41) is 3.18. The average Bonchev–Trinajstić information content (AvgIpc) is 3.26. The van der Waals surface area contributed by atoms with Crippen LogP contribution in [0, 0.1) is 0 Å². The minimum Gasteiger partial charge on any atom is -0.726 e. The Hall–Kier alpha value is -1.03. The zero-order valence-corrected chi connectivity index (χ0v) is 26.6. The highest BCUT2D eigenvalue weighted by Gasteiger charge is 2.32. The van der Waals surface area contributed by atoms with Crippen molar-refractivity contribution >= 4 is 22.1 Å². The second-order valence-corrected chi connectivity index (χ2v) is 12.4. The topological polar surface area (TPSA) is 108 Å². The van der Waals surface area contributed by atoms with Crippen LogP contribution in [0.3, 0.4) is 0 Å². The number of unbranched alkanes of at least 4 members (excludes halogenated alkanes) is 16. The number of aliphatic imine (C=N–C) groups is 1. The number of hydrogen-bond acceptors (Lipinski definition) is 6. The predicted molar refractivity (Wildman–Crippen MR) is 162 cm³/mol. The molecule has 0 aromatic carbocycles. The Morgan fingerprint density at radius 1 is 0.846 bits per heavy atom. The molecule has 0 aliphatic carbocycles. The number of nitrogens with one attached hydrogen (secondary N) is 1. The highest BCUT2D eigenvalue weighted by molar-refractivity contribution is 7.80. The van der Waals surface area contributed by atoms with Gasteiger partial charge in [-0.05, 0) is 12.8 Å². The van der Waals surface area contributed by atoms with Gasteiger partial charge in [0.1, 0.15) is 13.1 Å². The molecule has 1 aliphatic rings. The van der Waals surface area contributed by atoms with Gasteiger partial charge >= 0.3 is 0 Å². The van der Waals surface area contributed by atoms with Crippen molar-refractivity contribution in [2.45, 2.75) is 142 Å². The monoisotopic (exact) mass is 575 g/mol. The van der Waals surface area contributed by atoms with E-state index in [0.29, 0.717) is 6.42 Å². The molecule has 0 bridgehead atoms. The van der Waals surface area contributed by atoms with E-state index in [2.05, 4.69) is 30.4 Å². The summed E-state index contributed by atoms with van der Waals surface area (Å²) in [4.78, 5) is 17.0. The highest BCUT2D eigenvalue weighted by Crippen LogP contribution is 2.18. The summed E-state index contributed by atoms with van der Waals surface area (Å²) in [5.41, 5.74) is 0. The number of carbonyl (C=O) groups excluding carboxylic acids is 1. The molecular weight excluding hydrogens is 514 g/mol. The number of amides is 1. The van der Waals surface area contributed by atoms with Crippen LogP contribution in [0.15, 0.2) is 4.99 Å². The van der Waals surface area contributed by atoms with Crippen molar-refractivity contribution in [2.75, 3.05) is 40.3 Å². The maximum absolute atomic E-state index is 12.2. The number of amidine groups is 1. The Morgan fingerprint density at radius 2 is 1.28 bits per heavy atom. The summed E-state index contributed by atoms with van der Waals surface area (Å²) in [5.74, 6) is 1.60. The molecule has 1 rings (SSSR count). The predicted octanol–water partition coefficient (Wildman–Crippen LogP) is 6.90. The van der Waals surface area contributed by atoms with Crippen LogP contribution in [0.1, 0.15) is 142 Å². The lowest BCUT2D eigenvalue weighted by Crippen LogP contribution is -2.51. The number of likely N-dealkylation sites (N-methyl/N-ethyl adjacent to an activating group) is 1. The normalized spacial score (nSPS) is 17.0. The molecule has 1 aliphatic heterocycles. The van der Waals surface area contributed by atoms with Gasteiger partial charge in [0.15, 0.2) is 5.84 Å². The molecule has 1 N–H and O–H groups in total. The molecule has 1 unspecified atom stereocenters. The molecule has 0 fully saturated rings. The molecule has 39 heavy (non-hydrogen) atoms. The third kappa shape index (κ3) is 23.4. The van der Waals surface area contributed by atoms with E-state index in [-0.39, 0.29) is 5.91 Å². The molecule has 9 heteroatoms. The van der Waals surface area contributed by atoms with Crippen LogP contribution in [-0.2, 0) is 19.4 Å². The standard InChI is InChI=1S/C29H57N3O.CH4O4S/c1-4-6-8-10-12-14-16-18-20-22-28-30-24-26-32(28,3)27-25-31-29(33)23-21-19-17-15-13-11-9-7-5-2;1-5-6(2,3)4/h4-27H2,1-3H3;1H3,(H,2,3,4). The lowest BCUT2D eigenvalue weighted by Gasteiger charge is -2.30. The molecule has 1 atom stereocenters. The molecule has 232 valence electrons. The average molecular weight is 576 g/mol. The summed E-state index contributed by atoms with van der Waals surface area (Å²) in [6, 6.07) is 0. The molecule has 0 saturated heterocycles.